The van der Waals surface area contributed by atoms with Gasteiger partial charge in [-0.1, -0.05) is 31.2 Å². The Morgan fingerprint density at radius 1 is 1.09 bits per heavy atom. The number of nitrogens with one attached hydrogen (secondary N) is 1. The molecule has 2 aromatic carbocycles. The van der Waals surface area contributed by atoms with E-state index in [1.165, 1.54) is 24.3 Å². The normalized spacial score (nSPS) is 10.2. The number of aryl methyl sites for hydroxylation is 1. The number of ether oxygens (including phenoxy) is 1. The van der Waals surface area contributed by atoms with Gasteiger partial charge in [0.1, 0.15) is 18.1 Å². The minimum atomic E-state index is -0.536. The van der Waals surface area contributed by atoms with Crippen molar-refractivity contribution in [1.29, 1.82) is 0 Å². The summed E-state index contributed by atoms with van der Waals surface area (Å²) in [6.45, 7) is 1.80. The second-order valence-electron chi connectivity index (χ2n) is 5.06. The molecule has 0 heterocycles. The number of carbonyl (C=O) groups excluding carboxylic acids is 2. The number of halogens is 1. The van der Waals surface area contributed by atoms with Crippen molar-refractivity contribution in [2.75, 3.05) is 6.54 Å². The minimum Gasteiger partial charge on any atom is -0.425 e. The number of hydrogen-bond acceptors (Lipinski definition) is 3. The Balaban J connectivity index is 1.79. The molecular formula is C18H18FNO3. The maximum atomic E-state index is 12.8. The molecule has 0 atom stereocenters. The highest BCUT2D eigenvalue weighted by atomic mass is 19.1. The van der Waals surface area contributed by atoms with Crippen molar-refractivity contribution in [3.05, 3.63) is 65.5 Å². The van der Waals surface area contributed by atoms with Crippen molar-refractivity contribution >= 4 is 11.9 Å². The predicted molar refractivity (Wildman–Crippen MR) is 84.6 cm³/mol. The zero-order valence-electron chi connectivity index (χ0n) is 12.8. The molecule has 0 saturated carbocycles. The number of carbonyl (C=O) groups is 2. The average Bonchev–Trinajstić information content (AvgIpc) is 2.55. The van der Waals surface area contributed by atoms with Crippen molar-refractivity contribution in [2.24, 2.45) is 0 Å². The van der Waals surface area contributed by atoms with Crippen LogP contribution in [0, 0.1) is 5.82 Å². The standard InChI is InChI=1S/C18H18FNO3/c1-2-13-4-3-5-16(10-13)23-18(22)12-20-17(21)11-14-6-8-15(19)9-7-14/h3-10H,2,11-12H2,1H3,(H,20,21). The lowest BCUT2D eigenvalue weighted by Crippen LogP contribution is -2.32. The zero-order valence-corrected chi connectivity index (χ0v) is 12.8. The molecule has 0 aromatic heterocycles. The van der Waals surface area contributed by atoms with E-state index in [0.717, 1.165) is 12.0 Å². The Kier molecular flexibility index (Phi) is 5.86. The van der Waals surface area contributed by atoms with Gasteiger partial charge in [0.15, 0.2) is 0 Å². The lowest BCUT2D eigenvalue weighted by Gasteiger charge is -2.07. The lowest BCUT2D eigenvalue weighted by atomic mass is 10.1. The van der Waals surface area contributed by atoms with Gasteiger partial charge in [-0.15, -0.1) is 0 Å². The first-order valence-corrected chi connectivity index (χ1v) is 7.37. The first-order valence-electron chi connectivity index (χ1n) is 7.37. The fourth-order valence-electron chi connectivity index (χ4n) is 2.02. The van der Waals surface area contributed by atoms with Crippen molar-refractivity contribution in [2.45, 2.75) is 19.8 Å². The Hall–Kier alpha value is -2.69. The van der Waals surface area contributed by atoms with E-state index in [9.17, 15) is 14.0 Å². The van der Waals surface area contributed by atoms with Crippen LogP contribution < -0.4 is 10.1 Å². The number of esters is 1. The molecule has 1 N–H and O–H groups in total. The first-order chi connectivity index (χ1) is 11.1. The number of amides is 1. The third-order valence-corrected chi connectivity index (χ3v) is 3.25. The van der Waals surface area contributed by atoms with Gasteiger partial charge in [0.25, 0.3) is 0 Å². The second-order valence-corrected chi connectivity index (χ2v) is 5.06. The van der Waals surface area contributed by atoms with Crippen LogP contribution in [0.2, 0.25) is 0 Å². The molecule has 5 heteroatoms. The van der Waals surface area contributed by atoms with Gasteiger partial charge in [0.2, 0.25) is 5.91 Å². The zero-order chi connectivity index (χ0) is 16.7. The van der Waals surface area contributed by atoms with E-state index in [0.29, 0.717) is 11.3 Å². The minimum absolute atomic E-state index is 0.0822. The molecule has 0 radical (unpaired) electrons. The maximum absolute atomic E-state index is 12.8. The van der Waals surface area contributed by atoms with E-state index >= 15 is 0 Å². The third kappa shape index (κ3) is 5.54. The molecule has 0 fully saturated rings. The molecule has 4 nitrogen and oxygen atoms in total. The molecule has 0 aliphatic rings. The molecule has 1 amide bonds. The van der Waals surface area contributed by atoms with Gasteiger partial charge in [0, 0.05) is 0 Å². The third-order valence-electron chi connectivity index (χ3n) is 3.25. The molecule has 23 heavy (non-hydrogen) atoms. The topological polar surface area (TPSA) is 55.4 Å². The molecule has 2 aromatic rings. The summed E-state index contributed by atoms with van der Waals surface area (Å²) in [5, 5.41) is 2.49. The molecular weight excluding hydrogens is 297 g/mol. The quantitative estimate of drug-likeness (QED) is 0.658. The molecule has 120 valence electrons. The molecule has 0 aliphatic carbocycles. The van der Waals surface area contributed by atoms with Gasteiger partial charge in [-0.25, -0.2) is 9.18 Å². The Labute approximate surface area is 134 Å². The molecule has 0 saturated heterocycles. The molecule has 2 rings (SSSR count). The largest absolute Gasteiger partial charge is 0.425 e. The summed E-state index contributed by atoms with van der Waals surface area (Å²) < 4.78 is 17.9. The number of rotatable bonds is 6. The van der Waals surface area contributed by atoms with Crippen LogP contribution in [-0.4, -0.2) is 18.4 Å². The van der Waals surface area contributed by atoms with Crippen LogP contribution in [0.25, 0.3) is 0 Å². The maximum Gasteiger partial charge on any atom is 0.330 e. The number of benzene rings is 2. The van der Waals surface area contributed by atoms with Crippen molar-refractivity contribution in [3.8, 4) is 5.75 Å². The summed E-state index contributed by atoms with van der Waals surface area (Å²) in [5.41, 5.74) is 1.74. The number of hydrogen-bond donors (Lipinski definition) is 1. The molecule has 0 bridgehead atoms. The van der Waals surface area contributed by atoms with Gasteiger partial charge in [-0.3, -0.25) is 4.79 Å². The van der Waals surface area contributed by atoms with Crippen molar-refractivity contribution in [1.82, 2.24) is 5.32 Å². The summed E-state index contributed by atoms with van der Waals surface area (Å²) in [7, 11) is 0. The van der Waals surface area contributed by atoms with Gasteiger partial charge in [0.05, 0.1) is 6.42 Å². The summed E-state index contributed by atoms with van der Waals surface area (Å²) in [4.78, 5) is 23.5. The van der Waals surface area contributed by atoms with Crippen LogP contribution >= 0.6 is 0 Å². The van der Waals surface area contributed by atoms with Crippen LogP contribution in [0.15, 0.2) is 48.5 Å². The van der Waals surface area contributed by atoms with Gasteiger partial charge in [-0.05, 0) is 41.8 Å². The Morgan fingerprint density at radius 2 is 1.83 bits per heavy atom. The molecule has 0 aliphatic heterocycles. The lowest BCUT2D eigenvalue weighted by molar-refractivity contribution is -0.135. The van der Waals surface area contributed by atoms with E-state index in [1.54, 1.807) is 12.1 Å². The van der Waals surface area contributed by atoms with E-state index in [2.05, 4.69) is 5.32 Å². The smallest absolute Gasteiger partial charge is 0.330 e. The van der Waals surface area contributed by atoms with Crippen LogP contribution in [0.1, 0.15) is 18.1 Å². The Bertz CT molecular complexity index is 683. The van der Waals surface area contributed by atoms with E-state index in [-0.39, 0.29) is 24.7 Å². The Morgan fingerprint density at radius 3 is 2.52 bits per heavy atom. The molecule has 0 spiro atoms. The van der Waals surface area contributed by atoms with Crippen molar-refractivity contribution in [3.63, 3.8) is 0 Å². The first kappa shape index (κ1) is 16.7. The van der Waals surface area contributed by atoms with Crippen LogP contribution in [0.4, 0.5) is 4.39 Å². The van der Waals surface area contributed by atoms with Gasteiger partial charge in [-0.2, -0.15) is 0 Å². The fourth-order valence-corrected chi connectivity index (χ4v) is 2.02. The average molecular weight is 315 g/mol. The van der Waals surface area contributed by atoms with Crippen LogP contribution in [0.3, 0.4) is 0 Å². The van der Waals surface area contributed by atoms with Crippen molar-refractivity contribution < 1.29 is 18.7 Å². The summed E-state index contributed by atoms with van der Waals surface area (Å²) >= 11 is 0. The molecule has 0 unspecified atom stereocenters. The fraction of sp³-hybridized carbons (Fsp3) is 0.222. The van der Waals surface area contributed by atoms with E-state index in [4.69, 9.17) is 4.74 Å². The van der Waals surface area contributed by atoms with Gasteiger partial charge < -0.3 is 10.1 Å². The highest BCUT2D eigenvalue weighted by Crippen LogP contribution is 2.13. The van der Waals surface area contributed by atoms with Crippen LogP contribution in [-0.2, 0) is 22.4 Å². The summed E-state index contributed by atoms with van der Waals surface area (Å²) in [5.74, 6) is -0.754. The summed E-state index contributed by atoms with van der Waals surface area (Å²) in [6.07, 6.45) is 0.929. The SMILES string of the molecule is CCc1cccc(OC(=O)CNC(=O)Cc2ccc(F)cc2)c1. The highest BCUT2D eigenvalue weighted by molar-refractivity contribution is 5.84. The monoisotopic (exact) mass is 315 g/mol. The predicted octanol–water partition coefficient (Wildman–Crippen LogP) is 2.65. The van der Waals surface area contributed by atoms with Gasteiger partial charge >= 0.3 is 5.97 Å². The summed E-state index contributed by atoms with van der Waals surface area (Å²) in [6, 6.07) is 12.9. The second kappa shape index (κ2) is 8.08. The van der Waals surface area contributed by atoms with E-state index < -0.39 is 5.97 Å². The van der Waals surface area contributed by atoms with E-state index in [1.807, 2.05) is 19.1 Å². The van der Waals surface area contributed by atoms with Crippen LogP contribution in [0.5, 0.6) is 5.75 Å². The highest BCUT2D eigenvalue weighted by Gasteiger charge is 2.09.